The number of aliphatic hydroxyl groups excluding tert-OH is 3. The molecule has 0 aromatic heterocycles. The van der Waals surface area contributed by atoms with Crippen LogP contribution in [0.1, 0.15) is 92.9 Å². The van der Waals surface area contributed by atoms with Crippen molar-refractivity contribution in [1.82, 2.24) is 0 Å². The smallest absolute Gasteiger partial charge is 0.146 e. The summed E-state index contributed by atoms with van der Waals surface area (Å²) in [6, 6.07) is 0. The molecule has 0 heterocycles. The fourth-order valence-corrected chi connectivity index (χ4v) is 9.83. The molecule has 0 aromatic rings. The van der Waals surface area contributed by atoms with Crippen LogP contribution < -0.4 is 0 Å². The van der Waals surface area contributed by atoms with E-state index in [-0.39, 0.29) is 52.5 Å². The molecule has 5 rings (SSSR count). The van der Waals surface area contributed by atoms with E-state index >= 15 is 0 Å². The topological polar surface area (TPSA) is 77.8 Å². The first-order chi connectivity index (χ1) is 15.7. The Morgan fingerprint density at radius 2 is 1.62 bits per heavy atom. The fraction of sp³-hybridized carbons (Fsp3) is 0.833. The minimum Gasteiger partial charge on any atom is -0.396 e. The first-order valence-electron chi connectivity index (χ1n) is 13.6. The zero-order valence-corrected chi connectivity index (χ0v) is 22.2. The fourth-order valence-electron chi connectivity index (χ4n) is 9.83. The molecule has 0 spiro atoms. The van der Waals surface area contributed by atoms with E-state index in [4.69, 9.17) is 0 Å². The van der Waals surface area contributed by atoms with Crippen molar-refractivity contribution in [3.8, 4) is 0 Å². The first kappa shape index (κ1) is 24.7. The summed E-state index contributed by atoms with van der Waals surface area (Å²) in [6.07, 6.45) is 11.0. The van der Waals surface area contributed by atoms with Gasteiger partial charge in [-0.1, -0.05) is 59.3 Å². The van der Waals surface area contributed by atoms with Crippen molar-refractivity contribution >= 4 is 5.78 Å². The first-order valence-corrected chi connectivity index (χ1v) is 13.6. The number of rotatable bonds is 2. The molecule has 4 nitrogen and oxygen atoms in total. The number of aliphatic hydroxyl groups is 3. The Labute approximate surface area is 205 Å². The zero-order chi connectivity index (χ0) is 24.9. The van der Waals surface area contributed by atoms with E-state index in [2.05, 4.69) is 53.7 Å². The Hall–Kier alpha value is -0.970. The van der Waals surface area contributed by atoms with Gasteiger partial charge in [0.15, 0.2) is 0 Å². The second-order valence-corrected chi connectivity index (χ2v) is 14.5. The maximum absolute atomic E-state index is 13.9. The van der Waals surface area contributed by atoms with Gasteiger partial charge in [0.25, 0.3) is 0 Å². The highest BCUT2D eigenvalue weighted by Crippen LogP contribution is 2.73. The minimum absolute atomic E-state index is 0.0146. The van der Waals surface area contributed by atoms with Gasteiger partial charge in [-0.2, -0.15) is 0 Å². The predicted molar refractivity (Wildman–Crippen MR) is 134 cm³/mol. The lowest BCUT2D eigenvalue weighted by molar-refractivity contribution is -0.198. The number of allylic oxidation sites excluding steroid dienone is 3. The van der Waals surface area contributed by atoms with Crippen LogP contribution in [-0.4, -0.2) is 40.4 Å². The van der Waals surface area contributed by atoms with Crippen molar-refractivity contribution < 1.29 is 20.1 Å². The van der Waals surface area contributed by atoms with Crippen LogP contribution in [0, 0.1) is 44.3 Å². The van der Waals surface area contributed by atoms with Gasteiger partial charge >= 0.3 is 0 Å². The molecule has 0 bridgehead atoms. The van der Waals surface area contributed by atoms with E-state index in [0.29, 0.717) is 6.42 Å². The third-order valence-electron chi connectivity index (χ3n) is 12.4. The Kier molecular flexibility index (Phi) is 5.30. The molecular formula is C30H46O4. The zero-order valence-electron chi connectivity index (χ0n) is 22.2. The molecule has 0 radical (unpaired) electrons. The third-order valence-corrected chi connectivity index (χ3v) is 12.4. The molecule has 0 aliphatic heterocycles. The molecule has 190 valence electrons. The van der Waals surface area contributed by atoms with Gasteiger partial charge in [0.1, 0.15) is 5.78 Å². The largest absolute Gasteiger partial charge is 0.396 e. The van der Waals surface area contributed by atoms with E-state index in [1.54, 1.807) is 0 Å². The maximum atomic E-state index is 13.9. The van der Waals surface area contributed by atoms with Crippen molar-refractivity contribution in [3.05, 3.63) is 23.3 Å². The molecule has 3 N–H and O–H groups in total. The SMILES string of the molecule is CC1(C)CC[C@]2(CO)C(=O)C[C@]3(C)C(=C2C1)C=C[C@@H]1[C@@]2(C)CC[C@H](O)[C@@](C)(CO)[C@@H]2CC[C@]13C. The van der Waals surface area contributed by atoms with Gasteiger partial charge < -0.3 is 15.3 Å². The summed E-state index contributed by atoms with van der Waals surface area (Å²) in [4.78, 5) is 13.9. The molecule has 0 saturated heterocycles. The van der Waals surface area contributed by atoms with Gasteiger partial charge in [0.05, 0.1) is 24.7 Å². The van der Waals surface area contributed by atoms with E-state index in [1.807, 2.05) is 0 Å². The van der Waals surface area contributed by atoms with Crippen LogP contribution in [0.5, 0.6) is 0 Å². The molecule has 4 heteroatoms. The normalized spacial score (nSPS) is 51.9. The second-order valence-electron chi connectivity index (χ2n) is 14.5. The summed E-state index contributed by atoms with van der Waals surface area (Å²) in [5.41, 5.74) is 1.14. The summed E-state index contributed by atoms with van der Waals surface area (Å²) >= 11 is 0. The van der Waals surface area contributed by atoms with E-state index < -0.39 is 16.9 Å². The van der Waals surface area contributed by atoms with Crippen molar-refractivity contribution in [2.24, 2.45) is 44.3 Å². The maximum Gasteiger partial charge on any atom is 0.146 e. The lowest BCUT2D eigenvalue weighted by atomic mass is 9.35. The molecule has 0 unspecified atom stereocenters. The van der Waals surface area contributed by atoms with Gasteiger partial charge in [0, 0.05) is 17.3 Å². The summed E-state index contributed by atoms with van der Waals surface area (Å²) in [5.74, 6) is 0.782. The number of hydrogen-bond acceptors (Lipinski definition) is 4. The highest BCUT2D eigenvalue weighted by atomic mass is 16.3. The highest BCUT2D eigenvalue weighted by molar-refractivity contribution is 5.92. The lowest BCUT2D eigenvalue weighted by Crippen LogP contribution is -2.65. The number of Topliss-reactive ketones (excluding diaryl/α,β-unsaturated/α-hetero) is 1. The van der Waals surface area contributed by atoms with E-state index in [0.717, 1.165) is 44.9 Å². The summed E-state index contributed by atoms with van der Waals surface area (Å²) in [5, 5.41) is 31.8. The Bertz CT molecular complexity index is 963. The molecule has 0 amide bonds. The molecular weight excluding hydrogens is 424 g/mol. The monoisotopic (exact) mass is 470 g/mol. The van der Waals surface area contributed by atoms with Crippen LogP contribution in [0.3, 0.4) is 0 Å². The lowest BCUT2D eigenvalue weighted by Gasteiger charge is -2.69. The van der Waals surface area contributed by atoms with E-state index in [1.165, 1.54) is 11.1 Å². The molecule has 5 aliphatic rings. The molecule has 3 saturated carbocycles. The Balaban J connectivity index is 1.68. The molecule has 5 aliphatic carbocycles. The van der Waals surface area contributed by atoms with Crippen molar-refractivity contribution in [3.63, 3.8) is 0 Å². The molecule has 34 heavy (non-hydrogen) atoms. The molecule has 8 atom stereocenters. The van der Waals surface area contributed by atoms with Gasteiger partial charge in [-0.25, -0.2) is 0 Å². The standard InChI is InChI=1S/C30H46O4/c1-25(2)13-14-30(18-32)20(15-25)19-7-8-22-26(3)11-10-23(33)27(4,17-31)21(26)9-12-28(22,5)29(19,6)16-24(30)34/h7-8,21-23,31-33H,9-18H2,1-6H3/t21-,22-,23+,26+,27+,28-,29-,30-/m1/s1. The van der Waals surface area contributed by atoms with Gasteiger partial charge in [-0.15, -0.1) is 0 Å². The Morgan fingerprint density at radius 3 is 2.26 bits per heavy atom. The number of fused-ring (bicyclic) bond motifs is 6. The summed E-state index contributed by atoms with van der Waals surface area (Å²) in [6.45, 7) is 13.7. The third kappa shape index (κ3) is 2.80. The number of ketones is 1. The number of carbonyl (C=O) groups is 1. The van der Waals surface area contributed by atoms with Crippen LogP contribution in [0.4, 0.5) is 0 Å². The van der Waals surface area contributed by atoms with Crippen molar-refractivity contribution in [1.29, 1.82) is 0 Å². The van der Waals surface area contributed by atoms with Crippen LogP contribution in [-0.2, 0) is 4.79 Å². The second kappa shape index (κ2) is 7.29. The quantitative estimate of drug-likeness (QED) is 0.517. The van der Waals surface area contributed by atoms with Crippen molar-refractivity contribution in [2.45, 2.75) is 99.0 Å². The molecule has 0 aromatic carbocycles. The predicted octanol–water partition coefficient (Wildman–Crippen LogP) is 5.21. The van der Waals surface area contributed by atoms with Gasteiger partial charge in [-0.3, -0.25) is 4.79 Å². The van der Waals surface area contributed by atoms with Crippen LogP contribution >= 0.6 is 0 Å². The number of carbonyl (C=O) groups excluding carboxylic acids is 1. The van der Waals surface area contributed by atoms with Crippen LogP contribution in [0.2, 0.25) is 0 Å². The molecule has 3 fully saturated rings. The summed E-state index contributed by atoms with van der Waals surface area (Å²) < 4.78 is 0. The van der Waals surface area contributed by atoms with Crippen LogP contribution in [0.15, 0.2) is 23.3 Å². The van der Waals surface area contributed by atoms with E-state index in [9.17, 15) is 20.1 Å². The number of hydrogen-bond donors (Lipinski definition) is 3. The Morgan fingerprint density at radius 1 is 0.912 bits per heavy atom. The van der Waals surface area contributed by atoms with Crippen molar-refractivity contribution in [2.75, 3.05) is 13.2 Å². The average molecular weight is 471 g/mol. The summed E-state index contributed by atoms with van der Waals surface area (Å²) in [7, 11) is 0. The minimum atomic E-state index is -0.691. The average Bonchev–Trinajstić information content (AvgIpc) is 2.77. The van der Waals surface area contributed by atoms with Gasteiger partial charge in [0.2, 0.25) is 0 Å². The van der Waals surface area contributed by atoms with Crippen LogP contribution in [0.25, 0.3) is 0 Å². The van der Waals surface area contributed by atoms with Gasteiger partial charge in [-0.05, 0) is 78.6 Å². The highest BCUT2D eigenvalue weighted by Gasteiger charge is 2.68.